The summed E-state index contributed by atoms with van der Waals surface area (Å²) in [6, 6.07) is 0. The van der Waals surface area contributed by atoms with Gasteiger partial charge in [0.1, 0.15) is 12.3 Å². The van der Waals surface area contributed by atoms with Crippen molar-refractivity contribution >= 4 is 5.91 Å². The van der Waals surface area contributed by atoms with E-state index in [9.17, 15) is 14.7 Å². The van der Waals surface area contributed by atoms with E-state index in [1.807, 2.05) is 18.9 Å². The molecule has 2 atom stereocenters. The molecule has 134 valence electrons. The minimum absolute atomic E-state index is 0.00747. The molecule has 2 aliphatic rings. The molecule has 0 spiro atoms. The van der Waals surface area contributed by atoms with Crippen LogP contribution in [0, 0.1) is 6.92 Å². The molecule has 0 aliphatic carbocycles. The normalized spacial score (nSPS) is 21.4. The number of ether oxygens (including phenoxy) is 2. The molecule has 0 bridgehead atoms. The Hall–Kier alpha value is -2.06. The molecule has 0 fully saturated rings. The van der Waals surface area contributed by atoms with E-state index in [1.165, 1.54) is 12.0 Å². The van der Waals surface area contributed by atoms with Crippen molar-refractivity contribution in [2.24, 2.45) is 0 Å². The van der Waals surface area contributed by atoms with Gasteiger partial charge in [-0.05, 0) is 6.92 Å². The number of hydrogen-bond acceptors (Lipinski definition) is 6. The van der Waals surface area contributed by atoms with Gasteiger partial charge in [-0.25, -0.2) is 4.68 Å². The van der Waals surface area contributed by atoms with Crippen LogP contribution < -0.4 is 15.2 Å². The monoisotopic (exact) mass is 339 g/mol. The average molecular weight is 339 g/mol. The number of likely N-dealkylation sites (N-methyl/N-ethyl adjacent to an activating group) is 1. The van der Waals surface area contributed by atoms with Gasteiger partial charge in [0.25, 0.3) is 5.91 Å². The fourth-order valence-corrected chi connectivity index (χ4v) is 3.25. The summed E-state index contributed by atoms with van der Waals surface area (Å²) >= 11 is 0. The van der Waals surface area contributed by atoms with Crippen molar-refractivity contribution < 1.29 is 19.4 Å². The van der Waals surface area contributed by atoms with Crippen molar-refractivity contribution in [2.75, 3.05) is 39.4 Å². The van der Waals surface area contributed by atoms with Crippen LogP contribution in [0.4, 0.5) is 0 Å². The molecule has 1 aromatic heterocycles. The third-order valence-electron chi connectivity index (χ3n) is 4.35. The summed E-state index contributed by atoms with van der Waals surface area (Å²) < 4.78 is 12.0. The van der Waals surface area contributed by atoms with Gasteiger partial charge in [-0.2, -0.15) is 0 Å². The minimum atomic E-state index is -0.837. The zero-order valence-electron chi connectivity index (χ0n) is 15.0. The molecule has 2 unspecified atom stereocenters. The number of rotatable bonds is 3. The molecule has 0 saturated heterocycles. The van der Waals surface area contributed by atoms with Crippen LogP contribution in [0.25, 0.3) is 0 Å². The first-order valence-electron chi connectivity index (χ1n) is 7.98. The summed E-state index contributed by atoms with van der Waals surface area (Å²) in [4.78, 5) is 26.6. The molecule has 0 radical (unpaired) electrons. The van der Waals surface area contributed by atoms with Crippen LogP contribution >= 0.6 is 0 Å². The molecule has 8 heteroatoms. The van der Waals surface area contributed by atoms with Crippen LogP contribution in [-0.4, -0.2) is 61.2 Å². The van der Waals surface area contributed by atoms with Crippen LogP contribution in [0.15, 0.2) is 4.79 Å². The summed E-state index contributed by atoms with van der Waals surface area (Å²) in [5.74, 6) is -0.323. The van der Waals surface area contributed by atoms with Gasteiger partial charge in [-0.15, -0.1) is 0 Å². The Balaban J connectivity index is 0.00000100. The molecule has 1 aromatic rings. The maximum atomic E-state index is 12.7. The highest BCUT2D eigenvalue weighted by Gasteiger charge is 2.45. The molecular weight excluding hydrogens is 314 g/mol. The van der Waals surface area contributed by atoms with Crippen LogP contribution in [0.2, 0.25) is 0 Å². The number of nitrogens with zero attached hydrogens (tertiary/aromatic N) is 3. The van der Waals surface area contributed by atoms with Gasteiger partial charge in [0, 0.05) is 19.7 Å². The zero-order chi connectivity index (χ0) is 18.2. The van der Waals surface area contributed by atoms with E-state index in [0.29, 0.717) is 17.9 Å². The smallest absolute Gasteiger partial charge is 0.277 e. The SMILES string of the molecule is CC.COCC1N(C)C(=O)c2c(OC)c(=O)c(C)c3n2N1CC3O. The Kier molecular flexibility index (Phi) is 5.19. The second-order valence-corrected chi connectivity index (χ2v) is 5.52. The summed E-state index contributed by atoms with van der Waals surface area (Å²) in [7, 11) is 4.56. The number of hydrogen-bond donors (Lipinski definition) is 1. The molecule has 1 N–H and O–H groups in total. The Labute approximate surface area is 141 Å². The molecule has 8 nitrogen and oxygen atoms in total. The van der Waals surface area contributed by atoms with Crippen molar-refractivity contribution in [1.29, 1.82) is 0 Å². The molecule has 2 aliphatic heterocycles. The number of carbonyl (C=O) groups excluding carboxylic acids is 1. The number of pyridine rings is 1. The molecule has 0 saturated carbocycles. The third kappa shape index (κ3) is 2.37. The predicted molar refractivity (Wildman–Crippen MR) is 89.1 cm³/mol. The van der Waals surface area contributed by atoms with Gasteiger partial charge in [0.05, 0.1) is 26.0 Å². The fourth-order valence-electron chi connectivity index (χ4n) is 3.25. The van der Waals surface area contributed by atoms with Crippen molar-refractivity contribution in [1.82, 2.24) is 9.58 Å². The number of carbonyl (C=O) groups is 1. The predicted octanol–water partition coefficient (Wildman–Crippen LogP) is 0.235. The van der Waals surface area contributed by atoms with Crippen LogP contribution in [0.5, 0.6) is 5.75 Å². The van der Waals surface area contributed by atoms with Gasteiger partial charge < -0.3 is 19.5 Å². The Bertz CT molecular complexity index is 700. The van der Waals surface area contributed by atoms with Crippen molar-refractivity contribution in [3.05, 3.63) is 27.2 Å². The molecule has 3 rings (SSSR count). The van der Waals surface area contributed by atoms with E-state index in [0.717, 1.165) is 0 Å². The number of methoxy groups -OCH3 is 2. The highest BCUT2D eigenvalue weighted by molar-refractivity contribution is 5.97. The van der Waals surface area contributed by atoms with Crippen LogP contribution in [0.1, 0.15) is 41.7 Å². The van der Waals surface area contributed by atoms with Gasteiger partial charge in [-0.1, -0.05) is 13.8 Å². The second-order valence-electron chi connectivity index (χ2n) is 5.52. The molecule has 1 amide bonds. The van der Waals surface area contributed by atoms with Gasteiger partial charge in [0.15, 0.2) is 11.4 Å². The number of aliphatic hydroxyl groups is 1. The lowest BCUT2D eigenvalue weighted by molar-refractivity contribution is 0.0465. The van der Waals surface area contributed by atoms with Crippen LogP contribution in [0.3, 0.4) is 0 Å². The summed E-state index contributed by atoms with van der Waals surface area (Å²) in [5, 5.41) is 12.2. The van der Waals surface area contributed by atoms with Crippen molar-refractivity contribution in [3.63, 3.8) is 0 Å². The quantitative estimate of drug-likeness (QED) is 0.849. The number of aromatic nitrogens is 1. The van der Waals surface area contributed by atoms with E-state index < -0.39 is 6.10 Å². The standard InChI is InChI=1S/C14H19N3O5.C2H6/c1-7-10-8(18)5-16-9(6-21-3)15(2)14(20)11(17(10)16)13(22-4)12(7)19;1-2/h8-9,18H,5-6H2,1-4H3;1-2H3. The largest absolute Gasteiger partial charge is 0.491 e. The highest BCUT2D eigenvalue weighted by Crippen LogP contribution is 2.34. The number of amides is 1. The van der Waals surface area contributed by atoms with Gasteiger partial charge in [0.2, 0.25) is 5.43 Å². The summed E-state index contributed by atoms with van der Waals surface area (Å²) in [6.45, 7) is 6.21. The second kappa shape index (κ2) is 6.82. The lowest BCUT2D eigenvalue weighted by Crippen LogP contribution is -2.60. The Morgan fingerprint density at radius 2 is 1.88 bits per heavy atom. The molecule has 3 heterocycles. The Morgan fingerprint density at radius 3 is 2.42 bits per heavy atom. The minimum Gasteiger partial charge on any atom is -0.491 e. The first kappa shape index (κ1) is 18.3. The maximum Gasteiger partial charge on any atom is 0.277 e. The number of aliphatic hydroxyl groups excluding tert-OH is 1. The van der Waals surface area contributed by atoms with E-state index in [-0.39, 0.29) is 35.5 Å². The van der Waals surface area contributed by atoms with E-state index in [2.05, 4.69) is 0 Å². The fraction of sp³-hybridized carbons (Fsp3) is 0.625. The third-order valence-corrected chi connectivity index (χ3v) is 4.35. The van der Waals surface area contributed by atoms with E-state index in [4.69, 9.17) is 9.47 Å². The first-order chi connectivity index (χ1) is 11.4. The highest BCUT2D eigenvalue weighted by atomic mass is 16.5. The van der Waals surface area contributed by atoms with Gasteiger partial charge >= 0.3 is 0 Å². The van der Waals surface area contributed by atoms with Crippen molar-refractivity contribution in [3.8, 4) is 5.75 Å². The summed E-state index contributed by atoms with van der Waals surface area (Å²) in [5.41, 5.74) is 0.628. The summed E-state index contributed by atoms with van der Waals surface area (Å²) in [6.07, 6.45) is -1.19. The van der Waals surface area contributed by atoms with E-state index in [1.54, 1.807) is 25.8 Å². The molecule has 24 heavy (non-hydrogen) atoms. The van der Waals surface area contributed by atoms with Crippen LogP contribution in [-0.2, 0) is 4.74 Å². The average Bonchev–Trinajstić information content (AvgIpc) is 2.92. The lowest BCUT2D eigenvalue weighted by atomic mass is 10.1. The zero-order valence-corrected chi connectivity index (χ0v) is 15.0. The Morgan fingerprint density at radius 1 is 1.25 bits per heavy atom. The molecular formula is C16H25N3O5. The van der Waals surface area contributed by atoms with Crippen molar-refractivity contribution in [2.45, 2.75) is 33.0 Å². The maximum absolute atomic E-state index is 12.7. The van der Waals surface area contributed by atoms with E-state index >= 15 is 0 Å². The topological polar surface area (TPSA) is 84.2 Å². The first-order valence-corrected chi connectivity index (χ1v) is 7.98. The van der Waals surface area contributed by atoms with Gasteiger partial charge in [-0.3, -0.25) is 14.6 Å². The lowest BCUT2D eigenvalue weighted by Gasteiger charge is -2.42. The molecule has 0 aromatic carbocycles.